The molecule has 9 nitrogen and oxygen atoms in total. The number of nitrogens with one attached hydrogen (secondary N) is 2. The lowest BCUT2D eigenvalue weighted by Gasteiger charge is -2.36. The average molecular weight is 465 g/mol. The zero-order valence-corrected chi connectivity index (χ0v) is 20.3. The Morgan fingerprint density at radius 1 is 1.24 bits per heavy atom. The van der Waals surface area contributed by atoms with E-state index in [1.807, 2.05) is 32.9 Å². The number of hydrogen-bond donors (Lipinski definition) is 3. The summed E-state index contributed by atoms with van der Waals surface area (Å²) in [5, 5.41) is 15.9. The van der Waals surface area contributed by atoms with Crippen LogP contribution in [-0.2, 0) is 19.1 Å². The van der Waals surface area contributed by atoms with Gasteiger partial charge in [-0.25, -0.2) is 0 Å². The monoisotopic (exact) mass is 464 g/mol. The zero-order chi connectivity index (χ0) is 24.1. The molecule has 7 atom stereocenters. The van der Waals surface area contributed by atoms with E-state index in [1.54, 1.807) is 11.9 Å². The highest BCUT2D eigenvalue weighted by Gasteiger charge is 2.58. The van der Waals surface area contributed by atoms with Crippen molar-refractivity contribution in [3.63, 3.8) is 0 Å². The molecule has 3 aliphatic rings. The molecule has 0 radical (unpaired) electrons. The van der Waals surface area contributed by atoms with Crippen LogP contribution in [0.2, 0.25) is 0 Å². The molecule has 3 amide bonds. The highest BCUT2D eigenvalue weighted by Crippen LogP contribution is 2.45. The van der Waals surface area contributed by atoms with Gasteiger partial charge in [0.05, 0.1) is 37.7 Å². The number of ether oxygens (including phenoxy) is 1. The highest BCUT2D eigenvalue weighted by molar-refractivity contribution is 5.97. The Hall–Kier alpha value is -1.97. The molecule has 2 saturated heterocycles. The lowest BCUT2D eigenvalue weighted by Crippen LogP contribution is -2.55. The van der Waals surface area contributed by atoms with Crippen LogP contribution in [0.25, 0.3) is 0 Å². The van der Waals surface area contributed by atoms with Crippen molar-refractivity contribution in [3.05, 3.63) is 12.2 Å². The molecule has 0 saturated carbocycles. The fraction of sp³-hybridized carbons (Fsp3) is 0.792. The molecule has 3 N–H and O–H groups in total. The molecule has 0 unspecified atom stereocenters. The van der Waals surface area contributed by atoms with Crippen molar-refractivity contribution < 1.29 is 24.2 Å². The van der Waals surface area contributed by atoms with Crippen molar-refractivity contribution in [1.82, 2.24) is 20.4 Å². The maximum Gasteiger partial charge on any atom is 0.243 e. The average Bonchev–Trinajstić information content (AvgIpc) is 3.11. The molecule has 0 aromatic carbocycles. The summed E-state index contributed by atoms with van der Waals surface area (Å²) in [6.45, 7) is 9.95. The van der Waals surface area contributed by atoms with Gasteiger partial charge in [0, 0.05) is 39.1 Å². The number of amides is 3. The van der Waals surface area contributed by atoms with Gasteiger partial charge in [-0.3, -0.25) is 19.3 Å². The van der Waals surface area contributed by atoms with Crippen LogP contribution in [0, 0.1) is 29.6 Å². The SMILES string of the molecule is CC[C@H](C)[C@H](CO)N1C(=O)[C@H]2[C@H](C=C[C@@H](C)[C@H]2C(=O)NC)[C@H]1C(=O)NCCN1CCOCC1. The van der Waals surface area contributed by atoms with E-state index in [9.17, 15) is 19.5 Å². The second kappa shape index (κ2) is 11.4. The molecule has 33 heavy (non-hydrogen) atoms. The first-order valence-corrected chi connectivity index (χ1v) is 12.3. The number of rotatable bonds is 9. The second-order valence-corrected chi connectivity index (χ2v) is 9.56. The van der Waals surface area contributed by atoms with E-state index in [0.29, 0.717) is 26.3 Å². The van der Waals surface area contributed by atoms with Crippen LogP contribution in [0.5, 0.6) is 0 Å². The maximum absolute atomic E-state index is 13.8. The summed E-state index contributed by atoms with van der Waals surface area (Å²) >= 11 is 0. The van der Waals surface area contributed by atoms with Crippen LogP contribution in [-0.4, -0.2) is 97.8 Å². The molecule has 0 aromatic rings. The van der Waals surface area contributed by atoms with Crippen molar-refractivity contribution in [2.45, 2.75) is 39.3 Å². The standard InChI is InChI=1S/C24H40N4O5/c1-5-15(2)18(14-29)28-21(23(31)26-8-9-27-10-12-33-13-11-27)17-7-6-16(3)19(22(30)25-4)20(17)24(28)32/h6-7,15-21,29H,5,8-14H2,1-4H3,(H,25,30)(H,26,31)/t15-,16+,17-,18-,19+,20-,21-/m0/s1. The van der Waals surface area contributed by atoms with Crippen molar-refractivity contribution in [2.24, 2.45) is 29.6 Å². The number of morpholine rings is 1. The van der Waals surface area contributed by atoms with Gasteiger partial charge in [-0.15, -0.1) is 0 Å². The number of aliphatic hydroxyl groups excluding tert-OH is 1. The van der Waals surface area contributed by atoms with E-state index >= 15 is 0 Å². The Bertz CT molecular complexity index is 738. The van der Waals surface area contributed by atoms with E-state index in [-0.39, 0.29) is 36.2 Å². The first-order valence-electron chi connectivity index (χ1n) is 12.3. The third-order valence-corrected chi connectivity index (χ3v) is 7.70. The molecule has 0 aromatic heterocycles. The lowest BCUT2D eigenvalue weighted by molar-refractivity contribution is -0.144. The van der Waals surface area contributed by atoms with Crippen molar-refractivity contribution in [2.75, 3.05) is 53.0 Å². The number of nitrogens with zero attached hydrogens (tertiary/aromatic N) is 2. The quantitative estimate of drug-likeness (QED) is 0.410. The minimum Gasteiger partial charge on any atom is -0.394 e. The van der Waals surface area contributed by atoms with E-state index in [4.69, 9.17) is 4.74 Å². The van der Waals surface area contributed by atoms with Gasteiger partial charge in [-0.2, -0.15) is 0 Å². The van der Waals surface area contributed by atoms with Gasteiger partial charge in [0.25, 0.3) is 0 Å². The summed E-state index contributed by atoms with van der Waals surface area (Å²) < 4.78 is 5.38. The van der Waals surface area contributed by atoms with Crippen LogP contribution in [0.1, 0.15) is 27.2 Å². The number of carbonyl (C=O) groups excluding carboxylic acids is 3. The van der Waals surface area contributed by atoms with Crippen LogP contribution in [0.15, 0.2) is 12.2 Å². The summed E-state index contributed by atoms with van der Waals surface area (Å²) in [4.78, 5) is 43.8. The van der Waals surface area contributed by atoms with Gasteiger partial charge >= 0.3 is 0 Å². The van der Waals surface area contributed by atoms with Gasteiger partial charge in [-0.1, -0.05) is 39.3 Å². The number of carbonyl (C=O) groups is 3. The molecule has 2 aliphatic heterocycles. The van der Waals surface area contributed by atoms with Crippen LogP contribution in [0.3, 0.4) is 0 Å². The number of likely N-dealkylation sites (tertiary alicyclic amines) is 1. The first-order chi connectivity index (χ1) is 15.8. The fourth-order valence-electron chi connectivity index (χ4n) is 5.54. The number of aliphatic hydroxyl groups is 1. The third kappa shape index (κ3) is 5.25. The molecule has 0 spiro atoms. The second-order valence-electron chi connectivity index (χ2n) is 9.56. The molecule has 2 fully saturated rings. The van der Waals surface area contributed by atoms with Gasteiger partial charge < -0.3 is 25.4 Å². The van der Waals surface area contributed by atoms with Crippen LogP contribution >= 0.6 is 0 Å². The van der Waals surface area contributed by atoms with Gasteiger partial charge in [-0.05, 0) is 11.8 Å². The van der Waals surface area contributed by atoms with Crippen LogP contribution < -0.4 is 10.6 Å². The number of allylic oxidation sites excluding steroid dienone is 1. The topological polar surface area (TPSA) is 111 Å². The van der Waals surface area contributed by atoms with Crippen LogP contribution in [0.4, 0.5) is 0 Å². The molecule has 9 heteroatoms. The van der Waals surface area contributed by atoms with Gasteiger partial charge in [0.2, 0.25) is 17.7 Å². The normalized spacial score (nSPS) is 31.7. The molecule has 186 valence electrons. The number of fused-ring (bicyclic) bond motifs is 1. The summed E-state index contributed by atoms with van der Waals surface area (Å²) in [6.07, 6.45) is 4.65. The Balaban J connectivity index is 1.86. The fourth-order valence-corrected chi connectivity index (χ4v) is 5.54. The first kappa shape index (κ1) is 25.6. The van der Waals surface area contributed by atoms with Gasteiger partial charge in [0.15, 0.2) is 0 Å². The van der Waals surface area contributed by atoms with E-state index in [2.05, 4.69) is 15.5 Å². The van der Waals surface area contributed by atoms with E-state index in [0.717, 1.165) is 19.5 Å². The maximum atomic E-state index is 13.8. The lowest BCUT2D eigenvalue weighted by atomic mass is 9.70. The summed E-state index contributed by atoms with van der Waals surface area (Å²) in [5.74, 6) is -2.28. The van der Waals surface area contributed by atoms with Crippen molar-refractivity contribution in [1.29, 1.82) is 0 Å². The van der Waals surface area contributed by atoms with Crippen molar-refractivity contribution >= 4 is 17.7 Å². The van der Waals surface area contributed by atoms with E-state index < -0.39 is 29.8 Å². The van der Waals surface area contributed by atoms with Crippen molar-refractivity contribution in [3.8, 4) is 0 Å². The summed E-state index contributed by atoms with van der Waals surface area (Å²) in [6, 6.07) is -1.22. The predicted octanol–water partition coefficient (Wildman–Crippen LogP) is -0.147. The predicted molar refractivity (Wildman–Crippen MR) is 124 cm³/mol. The van der Waals surface area contributed by atoms with E-state index in [1.165, 1.54) is 0 Å². The Morgan fingerprint density at radius 2 is 1.94 bits per heavy atom. The molecule has 0 bridgehead atoms. The summed E-state index contributed by atoms with van der Waals surface area (Å²) in [5.41, 5.74) is 0. The summed E-state index contributed by atoms with van der Waals surface area (Å²) in [7, 11) is 1.57. The molecular formula is C24H40N4O5. The molecular weight excluding hydrogens is 424 g/mol. The largest absolute Gasteiger partial charge is 0.394 e. The minimum absolute atomic E-state index is 0.0163. The molecule has 3 rings (SSSR count). The smallest absolute Gasteiger partial charge is 0.243 e. The third-order valence-electron chi connectivity index (χ3n) is 7.70. The van der Waals surface area contributed by atoms with Gasteiger partial charge in [0.1, 0.15) is 6.04 Å². The Kier molecular flexibility index (Phi) is 8.89. The Labute approximate surface area is 196 Å². The molecule has 2 heterocycles. The minimum atomic E-state index is -0.741. The zero-order valence-electron chi connectivity index (χ0n) is 20.3. The highest BCUT2D eigenvalue weighted by atomic mass is 16.5. The molecule has 1 aliphatic carbocycles. The number of hydrogen-bond acceptors (Lipinski definition) is 6. The Morgan fingerprint density at radius 3 is 2.55 bits per heavy atom.